The largest absolute Gasteiger partial charge is 0.460 e. The molecule has 0 heterocycles. The maximum atomic E-state index is 12.3. The van der Waals surface area contributed by atoms with Gasteiger partial charge in [0.25, 0.3) is 5.60 Å². The molecule has 3 nitrogen and oxygen atoms in total. The Labute approximate surface area is 105 Å². The summed E-state index contributed by atoms with van der Waals surface area (Å²) < 4.78 is 78.2. The minimum Gasteiger partial charge on any atom is -0.460 e. The molecule has 1 N–H and O–H groups in total. The number of halogens is 6. The fourth-order valence-corrected chi connectivity index (χ4v) is 1.12. The van der Waals surface area contributed by atoms with E-state index >= 15 is 0 Å². The quantitative estimate of drug-likeness (QED) is 0.643. The third-order valence-corrected chi connectivity index (χ3v) is 2.05. The first kappa shape index (κ1) is 18.0. The van der Waals surface area contributed by atoms with Crippen molar-refractivity contribution in [2.45, 2.75) is 57.2 Å². The lowest BCUT2D eigenvalue weighted by Gasteiger charge is -2.32. The first-order valence-corrected chi connectivity index (χ1v) is 5.18. The topological polar surface area (TPSA) is 46.5 Å². The van der Waals surface area contributed by atoms with Gasteiger partial charge in [0.2, 0.25) is 0 Å². The van der Waals surface area contributed by atoms with Gasteiger partial charge >= 0.3 is 18.3 Å². The third kappa shape index (κ3) is 4.88. The van der Waals surface area contributed by atoms with Gasteiger partial charge in [0.1, 0.15) is 5.60 Å². The van der Waals surface area contributed by atoms with Crippen LogP contribution in [-0.2, 0) is 9.53 Å². The summed E-state index contributed by atoms with van der Waals surface area (Å²) in [4.78, 5) is 11.1. The summed E-state index contributed by atoms with van der Waals surface area (Å²) >= 11 is 0. The molecule has 0 atom stereocenters. The van der Waals surface area contributed by atoms with Gasteiger partial charge in [-0.2, -0.15) is 26.3 Å². The Morgan fingerprint density at radius 3 is 1.63 bits per heavy atom. The zero-order chi connectivity index (χ0) is 15.7. The number of aliphatic hydroxyl groups is 1. The molecule has 0 aromatic heterocycles. The van der Waals surface area contributed by atoms with Crippen LogP contribution in [0.25, 0.3) is 0 Å². The third-order valence-electron chi connectivity index (χ3n) is 2.05. The summed E-state index contributed by atoms with van der Waals surface area (Å²) in [5, 5.41) is 8.77. The number of esters is 1. The second kappa shape index (κ2) is 5.18. The fourth-order valence-electron chi connectivity index (χ4n) is 1.12. The molecule has 0 aliphatic carbocycles. The van der Waals surface area contributed by atoms with Gasteiger partial charge < -0.3 is 9.84 Å². The maximum absolute atomic E-state index is 12.3. The van der Waals surface area contributed by atoms with E-state index in [2.05, 4.69) is 4.74 Å². The summed E-state index contributed by atoms with van der Waals surface area (Å²) in [7, 11) is 0. The highest BCUT2D eigenvalue weighted by atomic mass is 19.4. The number of rotatable bonds is 3. The number of hydrogen-bond acceptors (Lipinski definition) is 3. The van der Waals surface area contributed by atoms with Gasteiger partial charge in [-0.15, -0.1) is 0 Å². The van der Waals surface area contributed by atoms with E-state index in [9.17, 15) is 31.1 Å². The molecule has 0 fully saturated rings. The second-order valence-corrected chi connectivity index (χ2v) is 4.94. The number of ether oxygens (including phenoxy) is 1. The van der Waals surface area contributed by atoms with E-state index in [1.165, 1.54) is 20.8 Å². The smallest absolute Gasteiger partial charge is 0.426 e. The minimum absolute atomic E-state index is 1.04. The predicted molar refractivity (Wildman–Crippen MR) is 52.1 cm³/mol. The van der Waals surface area contributed by atoms with Crippen LogP contribution in [0, 0.1) is 0 Å². The molecule has 0 amide bonds. The van der Waals surface area contributed by atoms with Crippen molar-refractivity contribution in [2.75, 3.05) is 0 Å². The Morgan fingerprint density at radius 2 is 1.37 bits per heavy atom. The van der Waals surface area contributed by atoms with Crippen molar-refractivity contribution in [2.24, 2.45) is 0 Å². The van der Waals surface area contributed by atoms with Gasteiger partial charge in [0, 0.05) is 12.8 Å². The lowest BCUT2D eigenvalue weighted by Crippen LogP contribution is -2.57. The molecule has 0 unspecified atom stereocenters. The van der Waals surface area contributed by atoms with Gasteiger partial charge in [-0.1, -0.05) is 0 Å². The normalized spacial score (nSPS) is 14.4. The number of carbonyl (C=O) groups excluding carboxylic acids is 1. The van der Waals surface area contributed by atoms with Crippen LogP contribution in [0.2, 0.25) is 0 Å². The first-order valence-electron chi connectivity index (χ1n) is 5.18. The van der Waals surface area contributed by atoms with Crippen LogP contribution < -0.4 is 0 Å². The molecule has 0 rings (SSSR count). The molecule has 0 saturated heterocycles. The van der Waals surface area contributed by atoms with Crippen LogP contribution in [0.1, 0.15) is 33.6 Å². The predicted octanol–water partition coefficient (Wildman–Crippen LogP) is 2.96. The van der Waals surface area contributed by atoms with Gasteiger partial charge in [-0.25, -0.2) is 0 Å². The van der Waals surface area contributed by atoms with E-state index in [1.807, 2.05) is 0 Å². The van der Waals surface area contributed by atoms with Gasteiger partial charge in [0.15, 0.2) is 0 Å². The molecule has 0 spiro atoms. The Morgan fingerprint density at radius 1 is 1.00 bits per heavy atom. The van der Waals surface area contributed by atoms with Crippen molar-refractivity contribution >= 4 is 5.97 Å². The van der Waals surface area contributed by atoms with Crippen LogP contribution in [0.4, 0.5) is 26.3 Å². The van der Waals surface area contributed by atoms with Crippen molar-refractivity contribution in [1.82, 2.24) is 0 Å². The highest BCUT2D eigenvalue weighted by Crippen LogP contribution is 2.45. The fraction of sp³-hybridized carbons (Fsp3) is 0.900. The zero-order valence-corrected chi connectivity index (χ0v) is 10.4. The van der Waals surface area contributed by atoms with E-state index in [1.54, 1.807) is 0 Å². The van der Waals surface area contributed by atoms with E-state index < -0.39 is 42.4 Å². The van der Waals surface area contributed by atoms with Gasteiger partial charge in [-0.3, -0.25) is 4.79 Å². The molecule has 0 aliphatic rings. The summed E-state index contributed by atoms with van der Waals surface area (Å²) in [6, 6.07) is 0. The van der Waals surface area contributed by atoms with Crippen molar-refractivity contribution in [3.05, 3.63) is 0 Å². The Balaban J connectivity index is 4.87. The van der Waals surface area contributed by atoms with Crippen LogP contribution >= 0.6 is 0 Å². The first-order chi connectivity index (χ1) is 8.10. The van der Waals surface area contributed by atoms with E-state index in [-0.39, 0.29) is 0 Å². The van der Waals surface area contributed by atoms with E-state index in [0.29, 0.717) is 0 Å². The molecule has 0 aromatic carbocycles. The van der Waals surface area contributed by atoms with Crippen LogP contribution in [-0.4, -0.2) is 34.6 Å². The average Bonchev–Trinajstić information content (AvgIpc) is 2.07. The lowest BCUT2D eigenvalue weighted by molar-refractivity contribution is -0.369. The lowest BCUT2D eigenvalue weighted by atomic mass is 9.96. The van der Waals surface area contributed by atoms with Crippen molar-refractivity contribution in [1.29, 1.82) is 0 Å². The van der Waals surface area contributed by atoms with Crippen LogP contribution in [0.3, 0.4) is 0 Å². The Hall–Kier alpha value is -0.990. The SMILES string of the molecule is CC(C)(C)OC(=O)CCC(O)(C(F)(F)F)C(F)(F)F. The molecule has 0 radical (unpaired) electrons. The standard InChI is InChI=1S/C10H14F6O3/c1-7(2,3)19-6(17)4-5-8(18,9(11,12)13)10(14,15)16/h18H,4-5H2,1-3H3. The summed E-state index contributed by atoms with van der Waals surface area (Å²) in [6.07, 6.45) is -14.9. The van der Waals surface area contributed by atoms with Crippen molar-refractivity contribution in [3.63, 3.8) is 0 Å². The summed E-state index contributed by atoms with van der Waals surface area (Å²) in [5.74, 6) is -1.25. The Kier molecular flexibility index (Phi) is 4.91. The molecule has 9 heteroatoms. The van der Waals surface area contributed by atoms with Crippen molar-refractivity contribution in [3.8, 4) is 0 Å². The molecule has 114 valence electrons. The molecule has 19 heavy (non-hydrogen) atoms. The number of carbonyl (C=O) groups is 1. The van der Waals surface area contributed by atoms with Gasteiger partial charge in [0.05, 0.1) is 0 Å². The summed E-state index contributed by atoms with van der Waals surface area (Å²) in [5.41, 5.74) is -5.96. The molecular weight excluding hydrogens is 282 g/mol. The molecule has 0 aliphatic heterocycles. The van der Waals surface area contributed by atoms with Crippen LogP contribution in [0.5, 0.6) is 0 Å². The summed E-state index contributed by atoms with van der Waals surface area (Å²) in [6.45, 7) is 4.22. The highest BCUT2D eigenvalue weighted by molar-refractivity contribution is 5.70. The van der Waals surface area contributed by atoms with E-state index in [4.69, 9.17) is 5.11 Å². The van der Waals surface area contributed by atoms with Crippen molar-refractivity contribution < 1.29 is 41.0 Å². The number of hydrogen-bond donors (Lipinski definition) is 1. The van der Waals surface area contributed by atoms with E-state index in [0.717, 1.165) is 0 Å². The van der Waals surface area contributed by atoms with Crippen LogP contribution in [0.15, 0.2) is 0 Å². The minimum atomic E-state index is -5.92. The average molecular weight is 296 g/mol. The molecule has 0 saturated carbocycles. The maximum Gasteiger partial charge on any atom is 0.426 e. The van der Waals surface area contributed by atoms with Gasteiger partial charge in [-0.05, 0) is 20.8 Å². The second-order valence-electron chi connectivity index (χ2n) is 4.94. The molecule has 0 bridgehead atoms. The highest BCUT2D eigenvalue weighted by Gasteiger charge is 2.69. The Bertz CT molecular complexity index is 312. The number of alkyl halides is 6. The molecular formula is C10H14F6O3. The molecule has 0 aromatic rings. The monoisotopic (exact) mass is 296 g/mol. The zero-order valence-electron chi connectivity index (χ0n) is 10.4.